The fourth-order valence-electron chi connectivity index (χ4n) is 1.57. The van der Waals surface area contributed by atoms with Crippen LogP contribution in [0, 0.1) is 5.82 Å². The number of hydrogen-bond acceptors (Lipinski definition) is 2. The van der Waals surface area contributed by atoms with Crippen molar-refractivity contribution in [1.29, 1.82) is 0 Å². The highest BCUT2D eigenvalue weighted by molar-refractivity contribution is 6.34. The normalized spacial score (nSPS) is 10.2. The highest BCUT2D eigenvalue weighted by Gasteiger charge is 2.13. The zero-order valence-corrected chi connectivity index (χ0v) is 10.4. The van der Waals surface area contributed by atoms with E-state index in [1.807, 2.05) is 0 Å². The minimum absolute atomic E-state index is 0.154. The van der Waals surface area contributed by atoms with Crippen LogP contribution < -0.4 is 4.74 Å². The minimum atomic E-state index is -0.490. The quantitative estimate of drug-likeness (QED) is 0.790. The smallest absolute Gasteiger partial charge is 0.194 e. The van der Waals surface area contributed by atoms with E-state index in [1.54, 1.807) is 31.4 Å². The van der Waals surface area contributed by atoms with Gasteiger partial charge < -0.3 is 4.74 Å². The van der Waals surface area contributed by atoms with E-state index >= 15 is 0 Å². The second-order valence-electron chi connectivity index (χ2n) is 3.68. The molecule has 0 heterocycles. The topological polar surface area (TPSA) is 26.3 Å². The number of hydrogen-bond donors (Lipinski definition) is 0. The molecular weight excluding hydrogens is 255 g/mol. The summed E-state index contributed by atoms with van der Waals surface area (Å²) < 4.78 is 18.1. The number of benzene rings is 2. The SMILES string of the molecule is COc1ccc(C(=O)c2cc(F)ccc2Cl)cc1. The van der Waals surface area contributed by atoms with Crippen molar-refractivity contribution in [1.82, 2.24) is 0 Å². The molecule has 0 saturated heterocycles. The van der Waals surface area contributed by atoms with Gasteiger partial charge in [0.2, 0.25) is 0 Å². The molecule has 0 N–H and O–H groups in total. The van der Waals surface area contributed by atoms with Crippen molar-refractivity contribution in [2.24, 2.45) is 0 Å². The van der Waals surface area contributed by atoms with Gasteiger partial charge in [-0.15, -0.1) is 0 Å². The Hall–Kier alpha value is -1.87. The molecule has 0 aromatic heterocycles. The summed E-state index contributed by atoms with van der Waals surface area (Å²) in [7, 11) is 1.54. The molecule has 2 nitrogen and oxygen atoms in total. The molecule has 0 radical (unpaired) electrons. The zero-order valence-electron chi connectivity index (χ0n) is 9.61. The van der Waals surface area contributed by atoms with E-state index in [4.69, 9.17) is 16.3 Å². The lowest BCUT2D eigenvalue weighted by Gasteiger charge is -2.05. The Morgan fingerprint density at radius 2 is 1.83 bits per heavy atom. The third-order valence-electron chi connectivity index (χ3n) is 2.53. The van der Waals surface area contributed by atoms with Gasteiger partial charge in [0.1, 0.15) is 11.6 Å². The van der Waals surface area contributed by atoms with E-state index in [1.165, 1.54) is 12.1 Å². The molecule has 18 heavy (non-hydrogen) atoms. The van der Waals surface area contributed by atoms with Gasteiger partial charge in [-0.2, -0.15) is 0 Å². The number of ether oxygens (including phenoxy) is 1. The molecule has 0 aliphatic rings. The van der Waals surface area contributed by atoms with Crippen molar-refractivity contribution < 1.29 is 13.9 Å². The first-order chi connectivity index (χ1) is 8.61. The standard InChI is InChI=1S/C14H10ClFO2/c1-18-11-5-2-9(3-6-11)14(17)12-8-10(16)4-7-13(12)15/h2-8H,1H3. The number of ketones is 1. The van der Waals surface area contributed by atoms with Gasteiger partial charge >= 0.3 is 0 Å². The second-order valence-corrected chi connectivity index (χ2v) is 4.09. The number of carbonyl (C=O) groups excluding carboxylic acids is 1. The van der Waals surface area contributed by atoms with Crippen molar-refractivity contribution >= 4 is 17.4 Å². The molecule has 2 aromatic carbocycles. The summed E-state index contributed by atoms with van der Waals surface area (Å²) in [5.41, 5.74) is 0.588. The lowest BCUT2D eigenvalue weighted by molar-refractivity contribution is 0.103. The number of carbonyl (C=O) groups is 1. The average Bonchev–Trinajstić information content (AvgIpc) is 2.41. The molecule has 2 aromatic rings. The Morgan fingerprint density at radius 1 is 1.17 bits per heavy atom. The molecule has 0 atom stereocenters. The predicted octanol–water partition coefficient (Wildman–Crippen LogP) is 3.72. The molecular formula is C14H10ClFO2. The minimum Gasteiger partial charge on any atom is -0.497 e. The van der Waals surface area contributed by atoms with Gasteiger partial charge in [-0.1, -0.05) is 11.6 Å². The number of methoxy groups -OCH3 is 1. The first-order valence-corrected chi connectivity index (χ1v) is 5.63. The van der Waals surface area contributed by atoms with E-state index in [0.29, 0.717) is 11.3 Å². The summed E-state index contributed by atoms with van der Waals surface area (Å²) in [6.45, 7) is 0. The van der Waals surface area contributed by atoms with E-state index in [2.05, 4.69) is 0 Å². The summed E-state index contributed by atoms with van der Waals surface area (Å²) in [5.74, 6) is -0.157. The van der Waals surface area contributed by atoms with Gasteiger partial charge in [0.15, 0.2) is 5.78 Å². The highest BCUT2D eigenvalue weighted by atomic mass is 35.5. The van der Waals surface area contributed by atoms with Crippen LogP contribution in [0.2, 0.25) is 5.02 Å². The van der Waals surface area contributed by atoms with Crippen molar-refractivity contribution in [2.75, 3.05) is 7.11 Å². The van der Waals surface area contributed by atoms with Crippen LogP contribution in [0.3, 0.4) is 0 Å². The largest absolute Gasteiger partial charge is 0.497 e. The third-order valence-corrected chi connectivity index (χ3v) is 2.85. The Bertz CT molecular complexity index is 579. The van der Waals surface area contributed by atoms with E-state index in [-0.39, 0.29) is 16.4 Å². The lowest BCUT2D eigenvalue weighted by atomic mass is 10.0. The molecule has 92 valence electrons. The lowest BCUT2D eigenvalue weighted by Crippen LogP contribution is -2.02. The Labute approximate surface area is 109 Å². The first kappa shape index (κ1) is 12.6. The maximum absolute atomic E-state index is 13.1. The molecule has 0 aliphatic heterocycles. The van der Waals surface area contributed by atoms with E-state index < -0.39 is 5.82 Å². The predicted molar refractivity (Wildman–Crippen MR) is 67.8 cm³/mol. The molecule has 0 unspecified atom stereocenters. The summed E-state index contributed by atoms with van der Waals surface area (Å²) in [4.78, 5) is 12.1. The number of rotatable bonds is 3. The van der Waals surface area contributed by atoms with Crippen LogP contribution in [-0.4, -0.2) is 12.9 Å². The fourth-order valence-corrected chi connectivity index (χ4v) is 1.77. The summed E-state index contributed by atoms with van der Waals surface area (Å²) >= 11 is 5.89. The average molecular weight is 265 g/mol. The molecule has 2 rings (SSSR count). The summed E-state index contributed by atoms with van der Waals surface area (Å²) in [6.07, 6.45) is 0. The van der Waals surface area contributed by atoms with Gasteiger partial charge in [-0.05, 0) is 42.5 Å². The molecule has 0 aliphatic carbocycles. The van der Waals surface area contributed by atoms with Crippen molar-refractivity contribution in [3.8, 4) is 5.75 Å². The Kier molecular flexibility index (Phi) is 3.63. The van der Waals surface area contributed by atoms with Crippen molar-refractivity contribution in [3.05, 3.63) is 64.4 Å². The molecule has 4 heteroatoms. The maximum atomic E-state index is 13.1. The van der Waals surface area contributed by atoms with Crippen molar-refractivity contribution in [3.63, 3.8) is 0 Å². The monoisotopic (exact) mass is 264 g/mol. The molecule has 0 fully saturated rings. The van der Waals surface area contributed by atoms with E-state index in [0.717, 1.165) is 6.07 Å². The zero-order chi connectivity index (χ0) is 13.1. The molecule has 0 bridgehead atoms. The third kappa shape index (κ3) is 2.51. The molecule has 0 saturated carbocycles. The van der Waals surface area contributed by atoms with Gasteiger partial charge in [0.25, 0.3) is 0 Å². The molecule has 0 amide bonds. The van der Waals surface area contributed by atoms with Gasteiger partial charge in [0.05, 0.1) is 12.1 Å². The fraction of sp³-hybridized carbons (Fsp3) is 0.0714. The van der Waals surface area contributed by atoms with Crippen LogP contribution in [0.15, 0.2) is 42.5 Å². The van der Waals surface area contributed by atoms with Gasteiger partial charge in [-0.25, -0.2) is 4.39 Å². The van der Waals surface area contributed by atoms with Gasteiger partial charge in [0, 0.05) is 11.1 Å². The highest BCUT2D eigenvalue weighted by Crippen LogP contribution is 2.21. The van der Waals surface area contributed by atoms with Crippen LogP contribution in [0.4, 0.5) is 4.39 Å². The first-order valence-electron chi connectivity index (χ1n) is 5.25. The Morgan fingerprint density at radius 3 is 2.44 bits per heavy atom. The van der Waals surface area contributed by atoms with Crippen LogP contribution in [-0.2, 0) is 0 Å². The second kappa shape index (κ2) is 5.19. The van der Waals surface area contributed by atoms with Gasteiger partial charge in [-0.3, -0.25) is 4.79 Å². The van der Waals surface area contributed by atoms with Crippen LogP contribution >= 0.6 is 11.6 Å². The summed E-state index contributed by atoms with van der Waals surface area (Å²) in [5, 5.41) is 0.234. The van der Waals surface area contributed by atoms with E-state index in [9.17, 15) is 9.18 Å². The van der Waals surface area contributed by atoms with Crippen LogP contribution in [0.1, 0.15) is 15.9 Å². The number of halogens is 2. The van der Waals surface area contributed by atoms with Crippen LogP contribution in [0.5, 0.6) is 5.75 Å². The Balaban J connectivity index is 2.38. The summed E-state index contributed by atoms with van der Waals surface area (Å²) in [6, 6.07) is 10.3. The molecule has 0 spiro atoms. The van der Waals surface area contributed by atoms with Crippen molar-refractivity contribution in [2.45, 2.75) is 0 Å². The van der Waals surface area contributed by atoms with Crippen LogP contribution in [0.25, 0.3) is 0 Å². The maximum Gasteiger partial charge on any atom is 0.194 e.